The maximum atomic E-state index is 12.6. The Labute approximate surface area is 125 Å². The molecule has 0 saturated heterocycles. The summed E-state index contributed by atoms with van der Waals surface area (Å²) in [6.07, 6.45) is 2.48. The molecule has 1 unspecified atom stereocenters. The Morgan fingerprint density at radius 1 is 1.40 bits per heavy atom. The van der Waals surface area contributed by atoms with E-state index in [1.807, 2.05) is 18.2 Å². The molecule has 1 aromatic heterocycles. The maximum absolute atomic E-state index is 12.6. The number of hydrogen-bond acceptors (Lipinski definition) is 3. The average Bonchev–Trinajstić information content (AvgIpc) is 2.60. The Hall–Kier alpha value is -1.20. The molecule has 2 aromatic rings. The van der Waals surface area contributed by atoms with Crippen LogP contribution in [0.5, 0.6) is 0 Å². The third-order valence-corrected chi connectivity index (χ3v) is 4.72. The van der Waals surface area contributed by atoms with Gasteiger partial charge in [-0.3, -0.25) is 9.36 Å². The first-order valence-corrected chi connectivity index (χ1v) is 7.56. The minimum atomic E-state index is -0.174. The zero-order valence-electron chi connectivity index (χ0n) is 11.6. The number of aryl methyl sites for hydroxylation is 1. The molecule has 1 aromatic carbocycles. The summed E-state index contributed by atoms with van der Waals surface area (Å²) in [7, 11) is 1.74. The van der Waals surface area contributed by atoms with E-state index in [9.17, 15) is 4.79 Å². The van der Waals surface area contributed by atoms with Crippen molar-refractivity contribution in [3.05, 3.63) is 38.9 Å². The molecule has 0 N–H and O–H groups in total. The van der Waals surface area contributed by atoms with Gasteiger partial charge in [-0.25, -0.2) is 4.98 Å². The number of ether oxygens (including phenoxy) is 1. The van der Waals surface area contributed by atoms with Crippen LogP contribution in [0.2, 0.25) is 0 Å². The van der Waals surface area contributed by atoms with E-state index in [1.54, 1.807) is 11.7 Å². The van der Waals surface area contributed by atoms with Gasteiger partial charge in [0.1, 0.15) is 5.82 Å². The fraction of sp³-hybridized carbons (Fsp3) is 0.467. The minimum Gasteiger partial charge on any atom is -0.378 e. The van der Waals surface area contributed by atoms with Crippen molar-refractivity contribution in [2.45, 2.75) is 38.3 Å². The Bertz CT molecular complexity index is 726. The highest BCUT2D eigenvalue weighted by atomic mass is 79.9. The van der Waals surface area contributed by atoms with Crippen molar-refractivity contribution in [2.24, 2.45) is 0 Å². The molecule has 20 heavy (non-hydrogen) atoms. The highest BCUT2D eigenvalue weighted by Gasteiger charge is 2.28. The van der Waals surface area contributed by atoms with Crippen LogP contribution in [0.4, 0.5) is 0 Å². The predicted molar refractivity (Wildman–Crippen MR) is 82.1 cm³/mol. The van der Waals surface area contributed by atoms with Crippen LogP contribution in [0.25, 0.3) is 10.9 Å². The maximum Gasteiger partial charge on any atom is 0.261 e. The van der Waals surface area contributed by atoms with Gasteiger partial charge in [0, 0.05) is 24.5 Å². The zero-order chi connectivity index (χ0) is 14.3. The van der Waals surface area contributed by atoms with Crippen molar-refractivity contribution in [3.63, 3.8) is 0 Å². The molecule has 3 rings (SSSR count). The number of rotatable bonds is 1. The minimum absolute atomic E-state index is 0.0536. The number of benzene rings is 1. The van der Waals surface area contributed by atoms with E-state index >= 15 is 0 Å². The zero-order valence-corrected chi connectivity index (χ0v) is 13.2. The molecular weight excluding hydrogens is 320 g/mol. The smallest absolute Gasteiger partial charge is 0.261 e. The van der Waals surface area contributed by atoms with E-state index in [-0.39, 0.29) is 11.2 Å². The second-order valence-corrected chi connectivity index (χ2v) is 6.47. The number of fused-ring (bicyclic) bond motifs is 2. The summed E-state index contributed by atoms with van der Waals surface area (Å²) in [4.78, 5) is 17.3. The quantitative estimate of drug-likeness (QED) is 0.804. The standard InChI is InChI=1S/C15H17BrN2O2/c1-15(20-2)6-5-13-17-12-9-10(16)3-4-11(12)14(19)18(13)8-7-15/h3-4,9H,5-8H2,1-2H3. The molecule has 0 bridgehead atoms. The molecule has 2 heterocycles. The highest BCUT2D eigenvalue weighted by molar-refractivity contribution is 9.10. The molecule has 5 heteroatoms. The molecular formula is C15H17BrN2O2. The molecule has 0 saturated carbocycles. The highest BCUT2D eigenvalue weighted by Crippen LogP contribution is 2.26. The lowest BCUT2D eigenvalue weighted by Gasteiger charge is -2.25. The van der Waals surface area contributed by atoms with Gasteiger partial charge in [-0.05, 0) is 38.0 Å². The Kier molecular flexibility index (Phi) is 3.42. The van der Waals surface area contributed by atoms with Crippen molar-refractivity contribution < 1.29 is 4.74 Å². The number of methoxy groups -OCH3 is 1. The summed E-state index contributed by atoms with van der Waals surface area (Å²) >= 11 is 3.43. The van der Waals surface area contributed by atoms with Gasteiger partial charge in [0.2, 0.25) is 0 Å². The predicted octanol–water partition coefficient (Wildman–Crippen LogP) is 2.90. The summed E-state index contributed by atoms with van der Waals surface area (Å²) in [6, 6.07) is 5.62. The first-order valence-electron chi connectivity index (χ1n) is 6.76. The molecule has 0 fully saturated rings. The van der Waals surface area contributed by atoms with E-state index in [2.05, 4.69) is 27.8 Å². The van der Waals surface area contributed by atoms with Crippen LogP contribution in [0.15, 0.2) is 27.5 Å². The first-order chi connectivity index (χ1) is 9.52. The van der Waals surface area contributed by atoms with Crippen LogP contribution < -0.4 is 5.56 Å². The lowest BCUT2D eigenvalue weighted by molar-refractivity contribution is -0.00757. The van der Waals surface area contributed by atoms with Gasteiger partial charge < -0.3 is 4.74 Å². The van der Waals surface area contributed by atoms with Crippen LogP contribution in [0.3, 0.4) is 0 Å². The fourth-order valence-electron chi connectivity index (χ4n) is 2.72. The molecule has 0 aliphatic carbocycles. The van der Waals surface area contributed by atoms with E-state index in [0.717, 1.165) is 35.1 Å². The van der Waals surface area contributed by atoms with Crippen molar-refractivity contribution >= 4 is 26.8 Å². The van der Waals surface area contributed by atoms with E-state index in [4.69, 9.17) is 4.74 Å². The molecule has 1 atom stereocenters. The van der Waals surface area contributed by atoms with Crippen molar-refractivity contribution in [2.75, 3.05) is 7.11 Å². The average molecular weight is 337 g/mol. The van der Waals surface area contributed by atoms with Gasteiger partial charge in [0.25, 0.3) is 5.56 Å². The van der Waals surface area contributed by atoms with E-state index in [1.165, 1.54) is 0 Å². The van der Waals surface area contributed by atoms with Crippen LogP contribution in [-0.4, -0.2) is 22.3 Å². The summed E-state index contributed by atoms with van der Waals surface area (Å²) in [6.45, 7) is 2.76. The van der Waals surface area contributed by atoms with Crippen LogP contribution in [-0.2, 0) is 17.7 Å². The van der Waals surface area contributed by atoms with Crippen LogP contribution in [0, 0.1) is 0 Å². The van der Waals surface area contributed by atoms with Gasteiger partial charge >= 0.3 is 0 Å². The Balaban J connectivity index is 2.16. The Morgan fingerprint density at radius 2 is 2.20 bits per heavy atom. The number of hydrogen-bond donors (Lipinski definition) is 0. The third kappa shape index (κ3) is 2.29. The van der Waals surface area contributed by atoms with Crippen LogP contribution in [0.1, 0.15) is 25.6 Å². The van der Waals surface area contributed by atoms with Crippen molar-refractivity contribution in [3.8, 4) is 0 Å². The van der Waals surface area contributed by atoms with Crippen molar-refractivity contribution in [1.82, 2.24) is 9.55 Å². The second kappa shape index (κ2) is 4.97. The molecule has 1 aliphatic rings. The lowest BCUT2D eigenvalue weighted by atomic mass is 9.97. The molecule has 0 radical (unpaired) electrons. The van der Waals surface area contributed by atoms with Gasteiger partial charge in [-0.1, -0.05) is 15.9 Å². The topological polar surface area (TPSA) is 44.1 Å². The van der Waals surface area contributed by atoms with E-state index in [0.29, 0.717) is 11.9 Å². The number of nitrogens with zero attached hydrogens (tertiary/aromatic N) is 2. The molecule has 4 nitrogen and oxygen atoms in total. The fourth-order valence-corrected chi connectivity index (χ4v) is 3.06. The van der Waals surface area contributed by atoms with Crippen molar-refractivity contribution in [1.29, 1.82) is 0 Å². The van der Waals surface area contributed by atoms with Gasteiger partial charge in [-0.2, -0.15) is 0 Å². The largest absolute Gasteiger partial charge is 0.378 e. The van der Waals surface area contributed by atoms with E-state index < -0.39 is 0 Å². The number of aromatic nitrogens is 2. The first kappa shape index (κ1) is 13.8. The third-order valence-electron chi connectivity index (χ3n) is 4.23. The summed E-state index contributed by atoms with van der Waals surface area (Å²) in [5, 5.41) is 0.679. The molecule has 1 aliphatic heterocycles. The lowest BCUT2D eigenvalue weighted by Crippen LogP contribution is -2.28. The summed E-state index contributed by atoms with van der Waals surface area (Å²) in [5.41, 5.74) is 0.641. The Morgan fingerprint density at radius 3 is 2.95 bits per heavy atom. The summed E-state index contributed by atoms with van der Waals surface area (Å²) in [5.74, 6) is 0.862. The van der Waals surface area contributed by atoms with Gasteiger partial charge in [0.05, 0.1) is 16.5 Å². The normalized spacial score (nSPS) is 22.6. The monoisotopic (exact) mass is 336 g/mol. The number of halogens is 1. The summed E-state index contributed by atoms with van der Waals surface area (Å²) < 4.78 is 8.34. The van der Waals surface area contributed by atoms with Gasteiger partial charge in [-0.15, -0.1) is 0 Å². The molecule has 0 amide bonds. The molecule has 0 spiro atoms. The second-order valence-electron chi connectivity index (χ2n) is 5.55. The van der Waals surface area contributed by atoms with Gasteiger partial charge in [0.15, 0.2) is 0 Å². The van der Waals surface area contributed by atoms with Crippen LogP contribution >= 0.6 is 15.9 Å². The molecule has 106 valence electrons. The SMILES string of the molecule is COC1(C)CCc2nc3cc(Br)ccc3c(=O)n2CC1.